The number of urea groups is 1. The van der Waals surface area contributed by atoms with Crippen molar-refractivity contribution in [2.45, 2.75) is 38.9 Å². The first-order valence-corrected chi connectivity index (χ1v) is 13.7. The maximum atomic E-state index is 12.8. The Labute approximate surface area is 247 Å². The number of hydrogen-bond acceptors (Lipinski definition) is 6. The summed E-state index contributed by atoms with van der Waals surface area (Å²) in [5.74, 6) is 0.0532. The molecule has 220 valence electrons. The zero-order valence-electron chi connectivity index (χ0n) is 24.3. The fourth-order valence-electron chi connectivity index (χ4n) is 4.45. The van der Waals surface area contributed by atoms with Crippen LogP contribution >= 0.6 is 0 Å². The average molecular weight is 571 g/mol. The number of carbonyl (C=O) groups excluding carboxylic acids is 3. The Kier molecular flexibility index (Phi) is 11.9. The van der Waals surface area contributed by atoms with Gasteiger partial charge < -0.3 is 20.2 Å². The molecule has 1 saturated heterocycles. The van der Waals surface area contributed by atoms with Gasteiger partial charge in [-0.25, -0.2) is 9.80 Å². The van der Waals surface area contributed by atoms with E-state index >= 15 is 0 Å². The molecule has 3 aromatic rings. The van der Waals surface area contributed by atoms with Crippen LogP contribution in [0, 0.1) is 11.3 Å². The van der Waals surface area contributed by atoms with Gasteiger partial charge in [0.25, 0.3) is 0 Å². The number of nitrogens with zero attached hydrogens (tertiary/aromatic N) is 5. The number of rotatable bonds is 9. The van der Waals surface area contributed by atoms with Crippen LogP contribution in [0.5, 0.6) is 5.75 Å². The third kappa shape index (κ3) is 9.08. The quantitative estimate of drug-likeness (QED) is 0.297. The first kappa shape index (κ1) is 31.6. The molecule has 0 bridgehead atoms. The highest BCUT2D eigenvalue weighted by Gasteiger charge is 2.35. The van der Waals surface area contributed by atoms with Crippen molar-refractivity contribution in [1.82, 2.24) is 25.1 Å². The zero-order valence-corrected chi connectivity index (χ0v) is 24.3. The number of hydrogen-bond donors (Lipinski definition) is 2. The Hall–Kier alpha value is -4.88. The van der Waals surface area contributed by atoms with E-state index in [1.165, 1.54) is 10.0 Å². The summed E-state index contributed by atoms with van der Waals surface area (Å²) in [6.07, 6.45) is 1.43. The molecular formula is C32H38N6O4. The molecule has 10 heteroatoms. The van der Waals surface area contributed by atoms with E-state index in [2.05, 4.69) is 5.32 Å². The molecule has 0 spiro atoms. The maximum absolute atomic E-state index is 12.8. The van der Waals surface area contributed by atoms with Crippen LogP contribution in [0.3, 0.4) is 0 Å². The SMILES string of the molecule is CC(Cc1ccc(O)cc1)N1CN(C(=O)NCc2ccccc2)N(CC#N)CC1=O.CC(c1ccccc1)N(C)C=O. The molecule has 1 heterocycles. The van der Waals surface area contributed by atoms with Gasteiger partial charge in [-0.3, -0.25) is 9.59 Å². The Bertz CT molecular complexity index is 1330. The largest absolute Gasteiger partial charge is 0.508 e. The molecule has 0 aliphatic carbocycles. The van der Waals surface area contributed by atoms with Crippen LogP contribution in [0.1, 0.15) is 36.6 Å². The summed E-state index contributed by atoms with van der Waals surface area (Å²) in [5, 5.41) is 24.3. The topological polar surface area (TPSA) is 120 Å². The Morgan fingerprint density at radius 2 is 1.64 bits per heavy atom. The normalized spacial score (nSPS) is 14.6. The van der Waals surface area contributed by atoms with Crippen LogP contribution in [0.15, 0.2) is 84.9 Å². The summed E-state index contributed by atoms with van der Waals surface area (Å²) in [6, 6.07) is 28.0. The van der Waals surface area contributed by atoms with E-state index in [0.29, 0.717) is 13.0 Å². The highest BCUT2D eigenvalue weighted by molar-refractivity contribution is 5.82. The van der Waals surface area contributed by atoms with Gasteiger partial charge in [-0.15, -0.1) is 0 Å². The van der Waals surface area contributed by atoms with Crippen molar-refractivity contribution in [1.29, 1.82) is 5.26 Å². The fraction of sp³-hybridized carbons (Fsp3) is 0.312. The van der Waals surface area contributed by atoms with E-state index in [9.17, 15) is 19.5 Å². The van der Waals surface area contributed by atoms with Crippen LogP contribution < -0.4 is 5.32 Å². The van der Waals surface area contributed by atoms with Gasteiger partial charge >= 0.3 is 6.03 Å². The van der Waals surface area contributed by atoms with Gasteiger partial charge in [0.05, 0.1) is 18.7 Å². The number of nitrogens with one attached hydrogen (secondary N) is 1. The van der Waals surface area contributed by atoms with Gasteiger partial charge in [-0.05, 0) is 49.1 Å². The third-order valence-electron chi connectivity index (χ3n) is 7.10. The molecule has 2 atom stereocenters. The summed E-state index contributed by atoms with van der Waals surface area (Å²) in [4.78, 5) is 39.2. The van der Waals surface area contributed by atoms with E-state index in [1.807, 2.05) is 92.7 Å². The van der Waals surface area contributed by atoms with Crippen LogP contribution in [-0.4, -0.2) is 76.1 Å². The number of phenols is 1. The summed E-state index contributed by atoms with van der Waals surface area (Å²) < 4.78 is 0. The summed E-state index contributed by atoms with van der Waals surface area (Å²) in [7, 11) is 1.78. The Balaban J connectivity index is 0.000000337. The van der Waals surface area contributed by atoms with E-state index in [4.69, 9.17) is 5.26 Å². The van der Waals surface area contributed by atoms with Crippen molar-refractivity contribution >= 4 is 18.3 Å². The molecule has 1 aliphatic rings. The van der Waals surface area contributed by atoms with E-state index in [0.717, 1.165) is 23.1 Å². The van der Waals surface area contributed by atoms with Gasteiger partial charge in [0.2, 0.25) is 12.3 Å². The molecule has 10 nitrogen and oxygen atoms in total. The first-order valence-electron chi connectivity index (χ1n) is 13.7. The van der Waals surface area contributed by atoms with Gasteiger partial charge in [0.1, 0.15) is 19.0 Å². The average Bonchev–Trinajstić information content (AvgIpc) is 3.01. The minimum absolute atomic E-state index is 0.0355. The number of phenolic OH excluding ortho intramolecular Hbond substituents is 1. The number of hydrazine groups is 1. The molecule has 1 fully saturated rings. The molecule has 1 aliphatic heterocycles. The molecule has 3 aromatic carbocycles. The molecule has 0 saturated carbocycles. The van der Waals surface area contributed by atoms with Gasteiger partial charge in [-0.1, -0.05) is 72.8 Å². The van der Waals surface area contributed by atoms with Crippen LogP contribution in [0.25, 0.3) is 0 Å². The number of aromatic hydroxyl groups is 1. The fourth-order valence-corrected chi connectivity index (χ4v) is 4.45. The first-order chi connectivity index (χ1) is 20.2. The maximum Gasteiger partial charge on any atom is 0.333 e. The summed E-state index contributed by atoms with van der Waals surface area (Å²) in [5.41, 5.74) is 3.10. The van der Waals surface area contributed by atoms with Gasteiger partial charge in [0, 0.05) is 19.6 Å². The predicted molar refractivity (Wildman–Crippen MR) is 159 cm³/mol. The Morgan fingerprint density at radius 3 is 2.24 bits per heavy atom. The second-order valence-electron chi connectivity index (χ2n) is 10.1. The van der Waals surface area contributed by atoms with E-state index < -0.39 is 0 Å². The van der Waals surface area contributed by atoms with Crippen LogP contribution in [0.4, 0.5) is 4.79 Å². The summed E-state index contributed by atoms with van der Waals surface area (Å²) >= 11 is 0. The monoisotopic (exact) mass is 570 g/mol. The highest BCUT2D eigenvalue weighted by Crippen LogP contribution is 2.18. The molecule has 2 unspecified atom stereocenters. The van der Waals surface area contributed by atoms with Crippen molar-refractivity contribution in [3.05, 3.63) is 102 Å². The van der Waals surface area contributed by atoms with E-state index in [-0.39, 0.29) is 49.5 Å². The smallest absolute Gasteiger partial charge is 0.333 e. The second kappa shape index (κ2) is 15.8. The Morgan fingerprint density at radius 1 is 1.02 bits per heavy atom. The molecule has 0 aromatic heterocycles. The van der Waals surface area contributed by atoms with Crippen LogP contribution in [0.2, 0.25) is 0 Å². The number of carbonyl (C=O) groups is 3. The molecular weight excluding hydrogens is 532 g/mol. The highest BCUT2D eigenvalue weighted by atomic mass is 16.3. The van der Waals surface area contributed by atoms with Crippen molar-refractivity contribution < 1.29 is 19.5 Å². The van der Waals surface area contributed by atoms with Crippen molar-refractivity contribution in [2.75, 3.05) is 26.8 Å². The van der Waals surface area contributed by atoms with E-state index in [1.54, 1.807) is 29.0 Å². The molecule has 2 N–H and O–H groups in total. The lowest BCUT2D eigenvalue weighted by Gasteiger charge is -2.44. The van der Waals surface area contributed by atoms with Crippen LogP contribution in [-0.2, 0) is 22.6 Å². The zero-order chi connectivity index (χ0) is 30.5. The molecule has 4 amide bonds. The second-order valence-corrected chi connectivity index (χ2v) is 10.1. The summed E-state index contributed by atoms with van der Waals surface area (Å²) in [6.45, 7) is 4.26. The van der Waals surface area contributed by atoms with Gasteiger partial charge in [-0.2, -0.15) is 10.3 Å². The number of amides is 4. The number of nitriles is 1. The third-order valence-corrected chi connectivity index (χ3v) is 7.10. The molecule has 0 radical (unpaired) electrons. The van der Waals surface area contributed by atoms with Gasteiger partial charge in [0.15, 0.2) is 0 Å². The lowest BCUT2D eigenvalue weighted by Crippen LogP contribution is -2.64. The number of benzene rings is 3. The van der Waals surface area contributed by atoms with Crippen molar-refractivity contribution in [3.8, 4) is 11.8 Å². The molecule has 42 heavy (non-hydrogen) atoms. The standard InChI is InChI=1S/C22H25N5O3.C10H13NO/c1-17(13-18-7-9-20(28)10-8-18)26-16-27(25(12-11-23)15-21(26)29)22(30)24-14-19-5-3-2-4-6-19;1-9(11(2)8-12)10-6-4-3-5-7-10/h2-10,17,28H,12-16H2,1H3,(H,24,30);3-9H,1-2H3. The lowest BCUT2D eigenvalue weighted by atomic mass is 10.1. The van der Waals surface area contributed by atoms with Crippen molar-refractivity contribution in [3.63, 3.8) is 0 Å². The molecule has 4 rings (SSSR count). The predicted octanol–water partition coefficient (Wildman–Crippen LogP) is 3.91. The minimum atomic E-state index is -0.358. The lowest BCUT2D eigenvalue weighted by molar-refractivity contribution is -0.154. The van der Waals surface area contributed by atoms with Crippen molar-refractivity contribution in [2.24, 2.45) is 0 Å². The minimum Gasteiger partial charge on any atom is -0.508 e.